The molecule has 1 saturated heterocycles. The zero-order valence-electron chi connectivity index (χ0n) is 22.7. The molecule has 0 saturated carbocycles. The van der Waals surface area contributed by atoms with Crippen molar-refractivity contribution in [2.24, 2.45) is 0 Å². The quantitative estimate of drug-likeness (QED) is 0.375. The first-order valence-electron chi connectivity index (χ1n) is 13.5. The van der Waals surface area contributed by atoms with Crippen molar-refractivity contribution >= 4 is 31.6 Å². The summed E-state index contributed by atoms with van der Waals surface area (Å²) in [7, 11) is -7.46. The Balaban J connectivity index is 1.19. The lowest BCUT2D eigenvalue weighted by Gasteiger charge is -2.35. The van der Waals surface area contributed by atoms with Gasteiger partial charge in [-0.3, -0.25) is 9.10 Å². The fraction of sp³-hybridized carbons (Fsp3) is 0.345. The van der Waals surface area contributed by atoms with Crippen LogP contribution < -0.4 is 19.1 Å². The maximum atomic E-state index is 13.5. The van der Waals surface area contributed by atoms with E-state index in [-0.39, 0.29) is 29.5 Å². The highest BCUT2D eigenvalue weighted by Crippen LogP contribution is 2.37. The number of carbonyl (C=O) groups excluding carboxylic acids is 1. The van der Waals surface area contributed by atoms with Crippen molar-refractivity contribution < 1.29 is 31.1 Å². The Morgan fingerprint density at radius 3 is 2.29 bits per heavy atom. The Morgan fingerprint density at radius 2 is 1.59 bits per heavy atom. The second-order valence-electron chi connectivity index (χ2n) is 10.0. The van der Waals surface area contributed by atoms with Gasteiger partial charge in [0.15, 0.2) is 6.10 Å². The minimum Gasteiger partial charge on any atom is -0.492 e. The number of benzene rings is 3. The van der Waals surface area contributed by atoms with E-state index in [1.165, 1.54) is 32.9 Å². The van der Waals surface area contributed by atoms with Gasteiger partial charge in [-0.25, -0.2) is 16.8 Å². The van der Waals surface area contributed by atoms with E-state index in [1.807, 2.05) is 6.92 Å². The molecule has 3 aromatic rings. The monoisotopic (exact) mass is 599 g/mol. The predicted octanol–water partition coefficient (Wildman–Crippen LogP) is 3.32. The van der Waals surface area contributed by atoms with Gasteiger partial charge in [0.05, 0.1) is 28.6 Å². The molecule has 1 N–H and O–H groups in total. The van der Waals surface area contributed by atoms with Crippen molar-refractivity contribution in [2.45, 2.75) is 42.1 Å². The lowest BCUT2D eigenvalue weighted by atomic mass is 10.1. The lowest BCUT2D eigenvalue weighted by Crippen LogP contribution is -2.51. The van der Waals surface area contributed by atoms with Crippen molar-refractivity contribution in [3.63, 3.8) is 0 Å². The van der Waals surface area contributed by atoms with Crippen LogP contribution in [0.5, 0.6) is 11.5 Å². The summed E-state index contributed by atoms with van der Waals surface area (Å²) >= 11 is 0. The third-order valence-corrected chi connectivity index (χ3v) is 10.8. The second kappa shape index (κ2) is 12.1. The molecule has 2 aliphatic rings. The van der Waals surface area contributed by atoms with Crippen LogP contribution >= 0.6 is 0 Å². The highest BCUT2D eigenvalue weighted by Gasteiger charge is 2.37. The molecule has 1 atom stereocenters. The molecule has 5 rings (SSSR count). The molecule has 2 heterocycles. The van der Waals surface area contributed by atoms with E-state index in [0.29, 0.717) is 30.3 Å². The largest absolute Gasteiger partial charge is 0.492 e. The van der Waals surface area contributed by atoms with Gasteiger partial charge in [-0.2, -0.15) is 4.31 Å². The predicted molar refractivity (Wildman–Crippen MR) is 154 cm³/mol. The average Bonchev–Trinajstić information content (AvgIpc) is 2.99. The molecule has 0 bridgehead atoms. The Bertz CT molecular complexity index is 1590. The molecular formula is C29H33N3O7S2. The number of fused-ring (bicyclic) bond motifs is 1. The second-order valence-corrected chi connectivity index (χ2v) is 13.8. The van der Waals surface area contributed by atoms with Crippen LogP contribution in [0.25, 0.3) is 0 Å². The molecule has 12 heteroatoms. The number of carbonyl (C=O) groups is 1. The van der Waals surface area contributed by atoms with Crippen LogP contribution in [0.1, 0.15) is 24.8 Å². The molecule has 0 radical (unpaired) electrons. The van der Waals surface area contributed by atoms with Crippen LogP contribution in [-0.4, -0.2) is 65.9 Å². The number of anilines is 1. The molecule has 218 valence electrons. The summed E-state index contributed by atoms with van der Waals surface area (Å²) in [5.74, 6) is 0.305. The van der Waals surface area contributed by atoms with Gasteiger partial charge in [0.2, 0.25) is 10.0 Å². The van der Waals surface area contributed by atoms with Gasteiger partial charge in [0.25, 0.3) is 15.9 Å². The van der Waals surface area contributed by atoms with Gasteiger partial charge in [-0.1, -0.05) is 30.7 Å². The third-order valence-electron chi connectivity index (χ3n) is 7.06. The fourth-order valence-electron chi connectivity index (χ4n) is 4.86. The summed E-state index contributed by atoms with van der Waals surface area (Å²) in [6.07, 6.45) is 1.71. The highest BCUT2D eigenvalue weighted by molar-refractivity contribution is 7.92. The molecule has 2 aliphatic heterocycles. The Hall–Kier alpha value is -3.61. The van der Waals surface area contributed by atoms with Crippen LogP contribution in [0.15, 0.2) is 82.6 Å². The van der Waals surface area contributed by atoms with E-state index >= 15 is 0 Å². The number of sulfonamides is 2. The summed E-state index contributed by atoms with van der Waals surface area (Å²) in [5, 5.41) is 2.75. The van der Waals surface area contributed by atoms with Crippen molar-refractivity contribution in [3.8, 4) is 11.5 Å². The van der Waals surface area contributed by atoms with E-state index in [0.717, 1.165) is 24.8 Å². The van der Waals surface area contributed by atoms with Crippen molar-refractivity contribution in [1.29, 1.82) is 0 Å². The zero-order valence-corrected chi connectivity index (χ0v) is 24.4. The number of piperidine rings is 1. The third kappa shape index (κ3) is 6.34. The van der Waals surface area contributed by atoms with Crippen LogP contribution in [0.3, 0.4) is 0 Å². The molecule has 0 aromatic heterocycles. The molecule has 0 aliphatic carbocycles. The van der Waals surface area contributed by atoms with Crippen molar-refractivity contribution in [2.75, 3.05) is 37.1 Å². The van der Waals surface area contributed by atoms with E-state index in [4.69, 9.17) is 9.47 Å². The molecule has 1 amide bonds. The standard InChI is InChI=1S/C29H33N3O7S2/c1-22-10-15-26-27(20-22)39-28(21-32(26)41(36,37)24-8-4-2-5-9-24)29(33)30-16-19-38-23-11-13-25(14-12-23)40(34,35)31-17-6-3-7-18-31/h2,4-5,8-15,20,28H,3,6-7,16-19,21H2,1H3,(H,30,33)/t28-/m1/s1. The van der Waals surface area contributed by atoms with Crippen LogP contribution in [0.4, 0.5) is 5.69 Å². The molecular weight excluding hydrogens is 566 g/mol. The van der Waals surface area contributed by atoms with Crippen LogP contribution in [0.2, 0.25) is 0 Å². The van der Waals surface area contributed by atoms with E-state index in [1.54, 1.807) is 48.5 Å². The summed E-state index contributed by atoms with van der Waals surface area (Å²) in [4.78, 5) is 13.4. The first-order chi connectivity index (χ1) is 19.7. The van der Waals surface area contributed by atoms with Gasteiger partial charge in [0.1, 0.15) is 18.1 Å². The van der Waals surface area contributed by atoms with E-state index in [9.17, 15) is 21.6 Å². The average molecular weight is 600 g/mol. The van der Waals surface area contributed by atoms with E-state index < -0.39 is 32.1 Å². The minimum atomic E-state index is -3.93. The number of hydrogen-bond acceptors (Lipinski definition) is 7. The molecule has 1 fully saturated rings. The van der Waals surface area contributed by atoms with Gasteiger partial charge in [-0.15, -0.1) is 0 Å². The molecule has 0 spiro atoms. The van der Waals surface area contributed by atoms with Crippen LogP contribution in [0, 0.1) is 6.92 Å². The maximum absolute atomic E-state index is 13.5. The minimum absolute atomic E-state index is 0.121. The molecule has 41 heavy (non-hydrogen) atoms. The zero-order chi connectivity index (χ0) is 29.0. The Morgan fingerprint density at radius 1 is 0.902 bits per heavy atom. The van der Waals surface area contributed by atoms with Gasteiger partial charge < -0.3 is 14.8 Å². The van der Waals surface area contributed by atoms with Gasteiger partial charge in [-0.05, 0) is 73.9 Å². The number of aryl methyl sites for hydroxylation is 1. The number of nitrogens with zero attached hydrogens (tertiary/aromatic N) is 2. The normalized spacial score (nSPS) is 17.8. The highest BCUT2D eigenvalue weighted by atomic mass is 32.2. The summed E-state index contributed by atoms with van der Waals surface area (Å²) in [6, 6.07) is 19.5. The number of amides is 1. The first-order valence-corrected chi connectivity index (χ1v) is 16.4. The summed E-state index contributed by atoms with van der Waals surface area (Å²) < 4.78 is 67.0. The lowest BCUT2D eigenvalue weighted by molar-refractivity contribution is -0.127. The fourth-order valence-corrected chi connectivity index (χ4v) is 7.88. The first kappa shape index (κ1) is 28.9. The number of ether oxygens (including phenoxy) is 2. The number of hydrogen-bond donors (Lipinski definition) is 1. The van der Waals surface area contributed by atoms with Crippen LogP contribution in [-0.2, 0) is 24.8 Å². The summed E-state index contributed by atoms with van der Waals surface area (Å²) in [5.41, 5.74) is 1.24. The number of rotatable bonds is 9. The van der Waals surface area contributed by atoms with Gasteiger partial charge >= 0.3 is 0 Å². The number of nitrogens with one attached hydrogen (secondary N) is 1. The maximum Gasteiger partial charge on any atom is 0.264 e. The molecule has 10 nitrogen and oxygen atoms in total. The van der Waals surface area contributed by atoms with E-state index in [2.05, 4.69) is 5.32 Å². The SMILES string of the molecule is Cc1ccc2c(c1)O[C@@H](C(=O)NCCOc1ccc(S(=O)(=O)N3CCCCC3)cc1)CN2S(=O)(=O)c1ccccc1. The smallest absolute Gasteiger partial charge is 0.264 e. The van der Waals surface area contributed by atoms with Crippen molar-refractivity contribution in [3.05, 3.63) is 78.4 Å². The molecule has 0 unspecified atom stereocenters. The topological polar surface area (TPSA) is 122 Å². The Labute approximate surface area is 241 Å². The summed E-state index contributed by atoms with van der Waals surface area (Å²) in [6.45, 7) is 3.00. The molecule has 3 aromatic carbocycles. The van der Waals surface area contributed by atoms with Gasteiger partial charge in [0, 0.05) is 13.1 Å². The Kier molecular flexibility index (Phi) is 8.52. The van der Waals surface area contributed by atoms with Crippen molar-refractivity contribution in [1.82, 2.24) is 9.62 Å².